The van der Waals surface area contributed by atoms with Crippen LogP contribution in [0.4, 0.5) is 4.79 Å². The highest BCUT2D eigenvalue weighted by atomic mass is 32.2. The fourth-order valence-corrected chi connectivity index (χ4v) is 3.88. The van der Waals surface area contributed by atoms with Crippen molar-refractivity contribution in [1.29, 1.82) is 0 Å². The van der Waals surface area contributed by atoms with Gasteiger partial charge in [-0.1, -0.05) is 30.0 Å². The van der Waals surface area contributed by atoms with Crippen molar-refractivity contribution in [3.05, 3.63) is 59.7 Å². The second-order valence-electron chi connectivity index (χ2n) is 4.39. The summed E-state index contributed by atoms with van der Waals surface area (Å²) in [6, 6.07) is 13.9. The number of nitrogens with two attached hydrogens (primary N) is 1. The van der Waals surface area contributed by atoms with Crippen molar-refractivity contribution in [2.45, 2.75) is 15.7 Å². The van der Waals surface area contributed by atoms with E-state index in [-0.39, 0.29) is 6.61 Å². The summed E-state index contributed by atoms with van der Waals surface area (Å²) in [7, 11) is 0. The number of primary amides is 1. The molecule has 0 spiro atoms. The van der Waals surface area contributed by atoms with Crippen LogP contribution in [0, 0.1) is 0 Å². The predicted molar refractivity (Wildman–Crippen MR) is 86.4 cm³/mol. The van der Waals surface area contributed by atoms with E-state index in [1.54, 1.807) is 23.1 Å². The lowest BCUT2D eigenvalue weighted by molar-refractivity contribution is 0.151. The Kier molecular flexibility index (Phi) is 4.45. The van der Waals surface area contributed by atoms with Gasteiger partial charge in [0.05, 0.1) is 21.0 Å². The van der Waals surface area contributed by atoms with Crippen LogP contribution >= 0.6 is 23.1 Å². The van der Waals surface area contributed by atoms with E-state index in [1.165, 1.54) is 0 Å². The Morgan fingerprint density at radius 2 is 2.09 bits per heavy atom. The van der Waals surface area contributed by atoms with Gasteiger partial charge in [0.15, 0.2) is 0 Å². The van der Waals surface area contributed by atoms with E-state index >= 15 is 0 Å². The highest BCUT2D eigenvalue weighted by Gasteiger charge is 2.06. The lowest BCUT2D eigenvalue weighted by atomic mass is 10.3. The smallest absolute Gasteiger partial charge is 0.404 e. The molecule has 0 radical (unpaired) electrons. The highest BCUT2D eigenvalue weighted by molar-refractivity contribution is 8.01. The average Bonchev–Trinajstić information content (AvgIpc) is 3.16. The van der Waals surface area contributed by atoms with Gasteiger partial charge >= 0.3 is 6.09 Å². The van der Waals surface area contributed by atoms with Crippen molar-refractivity contribution in [3.63, 3.8) is 0 Å². The van der Waals surface area contributed by atoms with E-state index in [9.17, 15) is 4.79 Å². The molecule has 0 saturated heterocycles. The summed E-state index contributed by atoms with van der Waals surface area (Å²) >= 11 is 3.19. The number of hydrogen-bond donors (Lipinski definition) is 1. The molecule has 0 aliphatic heterocycles. The number of carbonyl (C=O) groups excluding carboxylic acids is 1. The summed E-state index contributed by atoms with van der Waals surface area (Å²) in [5, 5.41) is 4.36. The minimum Gasteiger partial charge on any atom is -0.444 e. The van der Waals surface area contributed by atoms with E-state index in [1.807, 2.05) is 59.5 Å². The molecule has 1 amide bonds. The molecular formula is C15H13N3O2S2. The van der Waals surface area contributed by atoms with Crippen molar-refractivity contribution in [2.75, 3.05) is 0 Å². The Bertz CT molecular complexity index is 768. The molecule has 0 fully saturated rings. The molecular weight excluding hydrogens is 318 g/mol. The van der Waals surface area contributed by atoms with Crippen LogP contribution in [0.3, 0.4) is 0 Å². The first kappa shape index (κ1) is 14.7. The topological polar surface area (TPSA) is 70.1 Å². The van der Waals surface area contributed by atoms with Gasteiger partial charge in [0.25, 0.3) is 0 Å². The maximum absolute atomic E-state index is 10.6. The minimum absolute atomic E-state index is 0.212. The molecule has 0 saturated carbocycles. The van der Waals surface area contributed by atoms with Gasteiger partial charge in [0.2, 0.25) is 0 Å². The second kappa shape index (κ2) is 6.67. The zero-order valence-electron chi connectivity index (χ0n) is 11.5. The number of carbonyl (C=O) groups is 1. The quantitative estimate of drug-likeness (QED) is 0.774. The van der Waals surface area contributed by atoms with Gasteiger partial charge in [0, 0.05) is 11.1 Å². The molecule has 0 unspecified atom stereocenters. The van der Waals surface area contributed by atoms with E-state index in [0.29, 0.717) is 0 Å². The summed E-state index contributed by atoms with van der Waals surface area (Å²) in [5.41, 5.74) is 5.98. The summed E-state index contributed by atoms with van der Waals surface area (Å²) < 4.78 is 7.72. The van der Waals surface area contributed by atoms with Gasteiger partial charge in [-0.05, 0) is 24.3 Å². The van der Waals surface area contributed by atoms with Crippen LogP contribution in [0.1, 0.15) is 4.88 Å². The molecule has 7 heteroatoms. The number of thiophene rings is 1. The van der Waals surface area contributed by atoms with Crippen LogP contribution in [0.15, 0.2) is 64.0 Å². The summed E-state index contributed by atoms with van der Waals surface area (Å²) in [6.07, 6.45) is 3.06. The summed E-state index contributed by atoms with van der Waals surface area (Å²) in [4.78, 5) is 12.6. The number of benzene rings is 1. The van der Waals surface area contributed by atoms with Crippen molar-refractivity contribution >= 4 is 29.2 Å². The third kappa shape index (κ3) is 3.69. The Morgan fingerprint density at radius 3 is 2.86 bits per heavy atom. The minimum atomic E-state index is -0.758. The van der Waals surface area contributed by atoms with Gasteiger partial charge in [-0.2, -0.15) is 5.10 Å². The number of hydrogen-bond acceptors (Lipinski definition) is 5. The van der Waals surface area contributed by atoms with E-state index in [0.717, 1.165) is 19.7 Å². The molecule has 5 nitrogen and oxygen atoms in total. The van der Waals surface area contributed by atoms with Crippen molar-refractivity contribution < 1.29 is 9.53 Å². The van der Waals surface area contributed by atoms with Gasteiger partial charge in [-0.25, -0.2) is 9.48 Å². The molecule has 0 aliphatic carbocycles. The lowest BCUT2D eigenvalue weighted by Gasteiger charge is -1.99. The monoisotopic (exact) mass is 331 g/mol. The summed E-state index contributed by atoms with van der Waals surface area (Å²) in [5.74, 6) is 0. The maximum atomic E-state index is 10.6. The molecule has 112 valence electrons. The third-order valence-corrected chi connectivity index (χ3v) is 4.93. The Labute approximate surface area is 135 Å². The second-order valence-corrected chi connectivity index (χ2v) is 6.93. The Hall–Kier alpha value is -2.25. The van der Waals surface area contributed by atoms with Crippen LogP contribution in [0.2, 0.25) is 0 Å². The lowest BCUT2D eigenvalue weighted by Crippen LogP contribution is -2.11. The van der Waals surface area contributed by atoms with Gasteiger partial charge < -0.3 is 10.5 Å². The first-order valence-corrected chi connectivity index (χ1v) is 8.13. The van der Waals surface area contributed by atoms with E-state index < -0.39 is 6.09 Å². The number of ether oxygens (including phenoxy) is 1. The SMILES string of the molecule is NC(=O)OCc1ccc(Sc2cnn(-c3ccccc3)c2)s1. The highest BCUT2D eigenvalue weighted by Crippen LogP contribution is 2.33. The predicted octanol–water partition coefficient (Wildman–Crippen LogP) is 3.68. The molecule has 2 N–H and O–H groups in total. The fraction of sp³-hybridized carbons (Fsp3) is 0.0667. The standard InChI is InChI=1S/C15H13N3O2S2/c16-15(19)20-10-12-6-7-14(21-12)22-13-8-17-18(9-13)11-4-2-1-3-5-11/h1-9H,10H2,(H2,16,19). The van der Waals surface area contributed by atoms with Gasteiger partial charge in [0.1, 0.15) is 6.61 Å². The van der Waals surface area contributed by atoms with Crippen molar-refractivity contribution in [1.82, 2.24) is 9.78 Å². The molecule has 3 aromatic rings. The van der Waals surface area contributed by atoms with Crippen LogP contribution in [0.25, 0.3) is 5.69 Å². The fourth-order valence-electron chi connectivity index (χ4n) is 1.83. The van der Waals surface area contributed by atoms with Crippen LogP contribution in [0.5, 0.6) is 0 Å². The number of nitrogens with zero attached hydrogens (tertiary/aromatic N) is 2. The van der Waals surface area contributed by atoms with Crippen molar-refractivity contribution in [2.24, 2.45) is 5.73 Å². The first-order chi connectivity index (χ1) is 10.7. The van der Waals surface area contributed by atoms with Crippen LogP contribution < -0.4 is 5.73 Å². The van der Waals surface area contributed by atoms with Crippen LogP contribution in [-0.2, 0) is 11.3 Å². The molecule has 3 rings (SSSR count). The molecule has 0 atom stereocenters. The average molecular weight is 331 g/mol. The number of para-hydroxylation sites is 1. The first-order valence-electron chi connectivity index (χ1n) is 6.49. The molecule has 2 aromatic heterocycles. The largest absolute Gasteiger partial charge is 0.444 e. The molecule has 2 heterocycles. The van der Waals surface area contributed by atoms with Gasteiger partial charge in [-0.15, -0.1) is 11.3 Å². The number of amides is 1. The Balaban J connectivity index is 1.67. The normalized spacial score (nSPS) is 10.5. The van der Waals surface area contributed by atoms with Gasteiger partial charge in [-0.3, -0.25) is 0 Å². The van der Waals surface area contributed by atoms with Crippen LogP contribution in [-0.4, -0.2) is 15.9 Å². The van der Waals surface area contributed by atoms with Crippen molar-refractivity contribution in [3.8, 4) is 5.69 Å². The summed E-state index contributed by atoms with van der Waals surface area (Å²) in [6.45, 7) is 0.212. The molecule has 0 aliphatic rings. The number of rotatable bonds is 5. The van der Waals surface area contributed by atoms with E-state index in [4.69, 9.17) is 10.5 Å². The maximum Gasteiger partial charge on any atom is 0.404 e. The number of aromatic nitrogens is 2. The zero-order chi connectivity index (χ0) is 15.4. The zero-order valence-corrected chi connectivity index (χ0v) is 13.1. The molecule has 0 bridgehead atoms. The molecule has 1 aromatic carbocycles. The molecule has 22 heavy (non-hydrogen) atoms. The van der Waals surface area contributed by atoms with E-state index in [2.05, 4.69) is 5.10 Å². The Morgan fingerprint density at radius 1 is 1.27 bits per heavy atom. The third-order valence-electron chi connectivity index (χ3n) is 2.79.